The van der Waals surface area contributed by atoms with Crippen LogP contribution in [0.4, 0.5) is 5.69 Å². The third-order valence-electron chi connectivity index (χ3n) is 3.39. The molecule has 0 saturated carbocycles. The van der Waals surface area contributed by atoms with Crippen LogP contribution in [0.3, 0.4) is 0 Å². The molecule has 0 aliphatic heterocycles. The molecule has 0 amide bonds. The number of benzene rings is 2. The topological polar surface area (TPSA) is 58.6 Å². The van der Waals surface area contributed by atoms with Crippen LogP contribution in [0.5, 0.6) is 5.75 Å². The van der Waals surface area contributed by atoms with E-state index in [0.717, 1.165) is 5.69 Å². The first kappa shape index (κ1) is 14.9. The van der Waals surface area contributed by atoms with Gasteiger partial charge in [0.2, 0.25) is 0 Å². The van der Waals surface area contributed by atoms with Crippen molar-refractivity contribution in [2.24, 2.45) is 0 Å². The number of ether oxygens (including phenoxy) is 1. The van der Waals surface area contributed by atoms with E-state index in [9.17, 15) is 4.79 Å². The number of carboxylic acid groups (broad SMARTS) is 1. The maximum Gasteiger partial charge on any atom is 0.335 e. The van der Waals surface area contributed by atoms with E-state index in [0.29, 0.717) is 18.9 Å². The van der Waals surface area contributed by atoms with Crippen molar-refractivity contribution < 1.29 is 14.6 Å². The van der Waals surface area contributed by atoms with E-state index >= 15 is 0 Å². The van der Waals surface area contributed by atoms with Crippen LogP contribution < -0.4 is 10.1 Å². The maximum atomic E-state index is 10.7. The summed E-state index contributed by atoms with van der Waals surface area (Å²) in [4.78, 5) is 10.7. The fourth-order valence-corrected chi connectivity index (χ4v) is 1.99. The molecule has 2 N–H and O–H groups in total. The molecule has 0 fully saturated rings. The molecule has 2 rings (SSSR count). The van der Waals surface area contributed by atoms with E-state index in [1.54, 1.807) is 12.1 Å². The molecule has 2 aromatic carbocycles. The lowest BCUT2D eigenvalue weighted by Crippen LogP contribution is -2.12. The van der Waals surface area contributed by atoms with Gasteiger partial charge in [-0.05, 0) is 55.3 Å². The molecule has 21 heavy (non-hydrogen) atoms. The zero-order valence-corrected chi connectivity index (χ0v) is 12.2. The first-order chi connectivity index (χ1) is 10.1. The van der Waals surface area contributed by atoms with Crippen LogP contribution >= 0.6 is 0 Å². The number of aromatic carboxylic acids is 1. The van der Waals surface area contributed by atoms with E-state index in [4.69, 9.17) is 9.84 Å². The zero-order chi connectivity index (χ0) is 15.2. The van der Waals surface area contributed by atoms with Crippen LogP contribution in [0, 0.1) is 13.8 Å². The van der Waals surface area contributed by atoms with Gasteiger partial charge in [-0.15, -0.1) is 0 Å². The Morgan fingerprint density at radius 3 is 2.52 bits per heavy atom. The van der Waals surface area contributed by atoms with E-state index in [1.807, 2.05) is 12.1 Å². The molecular formula is C17H19NO3. The van der Waals surface area contributed by atoms with Gasteiger partial charge in [0, 0.05) is 12.2 Å². The average molecular weight is 285 g/mol. The molecule has 0 bridgehead atoms. The van der Waals surface area contributed by atoms with Crippen molar-refractivity contribution >= 4 is 11.7 Å². The van der Waals surface area contributed by atoms with Crippen molar-refractivity contribution in [3.63, 3.8) is 0 Å². The summed E-state index contributed by atoms with van der Waals surface area (Å²) in [6.07, 6.45) is 0. The van der Waals surface area contributed by atoms with Crippen molar-refractivity contribution in [3.8, 4) is 5.75 Å². The minimum absolute atomic E-state index is 0.260. The Morgan fingerprint density at radius 2 is 1.86 bits per heavy atom. The smallest absolute Gasteiger partial charge is 0.335 e. The van der Waals surface area contributed by atoms with Gasteiger partial charge in [0.25, 0.3) is 0 Å². The highest BCUT2D eigenvalue weighted by atomic mass is 16.5. The summed E-state index contributed by atoms with van der Waals surface area (Å²) in [5, 5.41) is 12.1. The van der Waals surface area contributed by atoms with Crippen LogP contribution in [0.15, 0.2) is 42.5 Å². The van der Waals surface area contributed by atoms with Gasteiger partial charge in [-0.25, -0.2) is 4.79 Å². The van der Waals surface area contributed by atoms with Crippen molar-refractivity contribution in [1.29, 1.82) is 0 Å². The fraction of sp³-hybridized carbons (Fsp3) is 0.235. The van der Waals surface area contributed by atoms with Crippen LogP contribution in [-0.2, 0) is 0 Å². The highest BCUT2D eigenvalue weighted by Crippen LogP contribution is 2.17. The lowest BCUT2D eigenvalue weighted by atomic mass is 10.1. The number of rotatable bonds is 6. The van der Waals surface area contributed by atoms with Gasteiger partial charge < -0.3 is 15.2 Å². The van der Waals surface area contributed by atoms with Crippen molar-refractivity contribution in [3.05, 3.63) is 59.2 Å². The van der Waals surface area contributed by atoms with Crippen molar-refractivity contribution in [2.75, 3.05) is 18.5 Å². The molecule has 0 unspecified atom stereocenters. The standard InChI is InChI=1S/C17H19NO3/c1-12-4-3-5-16(13(12)2)18-10-11-21-15-8-6-14(7-9-15)17(19)20/h3-9,18H,10-11H2,1-2H3,(H,19,20). The molecule has 0 saturated heterocycles. The number of hydrogen-bond acceptors (Lipinski definition) is 3. The summed E-state index contributed by atoms with van der Waals surface area (Å²) in [5.74, 6) is -0.263. The summed E-state index contributed by atoms with van der Waals surface area (Å²) in [7, 11) is 0. The summed E-state index contributed by atoms with van der Waals surface area (Å²) in [5.41, 5.74) is 3.86. The quantitative estimate of drug-likeness (QED) is 0.798. The molecule has 0 aliphatic carbocycles. The van der Waals surface area contributed by atoms with Crippen LogP contribution in [0.25, 0.3) is 0 Å². The normalized spacial score (nSPS) is 10.2. The highest BCUT2D eigenvalue weighted by molar-refractivity contribution is 5.87. The molecule has 4 nitrogen and oxygen atoms in total. The number of carbonyl (C=O) groups is 1. The lowest BCUT2D eigenvalue weighted by Gasteiger charge is -2.12. The van der Waals surface area contributed by atoms with Gasteiger partial charge in [-0.2, -0.15) is 0 Å². The van der Waals surface area contributed by atoms with Gasteiger partial charge >= 0.3 is 5.97 Å². The summed E-state index contributed by atoms with van der Waals surface area (Å²) < 4.78 is 5.58. The molecule has 0 spiro atoms. The second kappa shape index (κ2) is 6.79. The number of carboxylic acids is 1. The fourth-order valence-electron chi connectivity index (χ4n) is 1.99. The minimum Gasteiger partial charge on any atom is -0.492 e. The predicted molar refractivity (Wildman–Crippen MR) is 83.3 cm³/mol. The largest absolute Gasteiger partial charge is 0.492 e. The van der Waals surface area contributed by atoms with Crippen LogP contribution in [0.2, 0.25) is 0 Å². The SMILES string of the molecule is Cc1cccc(NCCOc2ccc(C(=O)O)cc2)c1C. The van der Waals surface area contributed by atoms with Gasteiger partial charge in [0.05, 0.1) is 5.56 Å². The van der Waals surface area contributed by atoms with E-state index in [1.165, 1.54) is 23.3 Å². The van der Waals surface area contributed by atoms with Crippen LogP contribution in [0.1, 0.15) is 21.5 Å². The second-order valence-corrected chi connectivity index (χ2v) is 4.85. The maximum absolute atomic E-state index is 10.7. The third kappa shape index (κ3) is 3.99. The molecule has 0 atom stereocenters. The van der Waals surface area contributed by atoms with Crippen molar-refractivity contribution in [2.45, 2.75) is 13.8 Å². The second-order valence-electron chi connectivity index (χ2n) is 4.85. The molecule has 110 valence electrons. The molecule has 2 aromatic rings. The van der Waals surface area contributed by atoms with Gasteiger partial charge in [-0.3, -0.25) is 0 Å². The Morgan fingerprint density at radius 1 is 1.14 bits per heavy atom. The number of hydrogen-bond donors (Lipinski definition) is 2. The summed E-state index contributed by atoms with van der Waals surface area (Å²) in [6.45, 7) is 5.37. The first-order valence-corrected chi connectivity index (χ1v) is 6.84. The molecular weight excluding hydrogens is 266 g/mol. The van der Waals surface area contributed by atoms with E-state index < -0.39 is 5.97 Å². The highest BCUT2D eigenvalue weighted by Gasteiger charge is 2.02. The summed E-state index contributed by atoms with van der Waals surface area (Å²) >= 11 is 0. The van der Waals surface area contributed by atoms with E-state index in [2.05, 4.69) is 25.2 Å². The zero-order valence-electron chi connectivity index (χ0n) is 12.2. The Labute approximate surface area is 124 Å². The number of aryl methyl sites for hydroxylation is 1. The molecule has 0 radical (unpaired) electrons. The molecule has 4 heteroatoms. The first-order valence-electron chi connectivity index (χ1n) is 6.84. The third-order valence-corrected chi connectivity index (χ3v) is 3.39. The average Bonchev–Trinajstić information content (AvgIpc) is 2.48. The lowest BCUT2D eigenvalue weighted by molar-refractivity contribution is 0.0697. The van der Waals surface area contributed by atoms with Crippen LogP contribution in [-0.4, -0.2) is 24.2 Å². The minimum atomic E-state index is -0.932. The van der Waals surface area contributed by atoms with Gasteiger partial charge in [0.1, 0.15) is 12.4 Å². The predicted octanol–water partition coefficient (Wildman–Crippen LogP) is 3.49. The Hall–Kier alpha value is -2.49. The molecule has 0 heterocycles. The van der Waals surface area contributed by atoms with Crippen molar-refractivity contribution in [1.82, 2.24) is 0 Å². The Kier molecular flexibility index (Phi) is 4.82. The van der Waals surface area contributed by atoms with Gasteiger partial charge in [0.15, 0.2) is 0 Å². The molecule has 0 aromatic heterocycles. The van der Waals surface area contributed by atoms with Gasteiger partial charge in [-0.1, -0.05) is 12.1 Å². The Balaban J connectivity index is 1.82. The summed E-state index contributed by atoms with van der Waals surface area (Å²) in [6, 6.07) is 12.6. The number of anilines is 1. The number of nitrogens with one attached hydrogen (secondary N) is 1. The Bertz CT molecular complexity index is 620. The van der Waals surface area contributed by atoms with E-state index in [-0.39, 0.29) is 5.56 Å². The monoisotopic (exact) mass is 285 g/mol. The molecule has 0 aliphatic rings.